The number of imidazole rings is 2. The second-order valence-electron chi connectivity index (χ2n) is 19.0. The van der Waals surface area contributed by atoms with Crippen molar-refractivity contribution < 1.29 is 69.3 Å². The standard InChI is InChI=1S/C48H68N16O14/c65-39(66)27-57-17-18-58(28-40(67)68)21-22-62(30-42(71)72)35(24-60(20-19-57)29-41(69)70)23-33-4-6-34(7-5-33)52-46-54-47(56-48(55-46)61-13-8-49-9-14-61)53-36(45(77)78)3-1-2-12-59(25-37-50-10-15-63(37)31-43(73)74)26-38-51-11-16-64(38)32-44(75)76/h4-7,10-11,15-16,35-36,49H,1-3,8-9,12-14,17-32H2,(H,65,66)(H,67,68)(H,69,70)(H,71,72)(H,73,74)(H,75,76)(H,77,78)(H2,52,53,54,55,56)/t35?,36-/m0/s1. The van der Waals surface area contributed by atoms with E-state index in [-0.39, 0.29) is 110 Å². The maximum Gasteiger partial charge on any atom is 0.326 e. The predicted octanol–water partition coefficient (Wildman–Crippen LogP) is -1.20. The van der Waals surface area contributed by atoms with Crippen molar-refractivity contribution in [2.45, 2.75) is 63.9 Å². The summed E-state index contributed by atoms with van der Waals surface area (Å²) >= 11 is 0. The number of carboxylic acid groups (broad SMARTS) is 7. The first-order valence-electron chi connectivity index (χ1n) is 25.4. The van der Waals surface area contributed by atoms with Crippen LogP contribution in [-0.4, -0.2) is 253 Å². The number of rotatable bonds is 29. The Balaban J connectivity index is 1.18. The monoisotopic (exact) mass is 1090 g/mol. The predicted molar refractivity (Wildman–Crippen MR) is 276 cm³/mol. The van der Waals surface area contributed by atoms with Gasteiger partial charge in [0.1, 0.15) is 30.8 Å². The van der Waals surface area contributed by atoms with Crippen LogP contribution in [0.1, 0.15) is 36.5 Å². The summed E-state index contributed by atoms with van der Waals surface area (Å²) in [4.78, 5) is 117. The molecular weight excluding hydrogens is 1020 g/mol. The molecule has 2 fully saturated rings. The van der Waals surface area contributed by atoms with Gasteiger partial charge in [0.25, 0.3) is 0 Å². The van der Waals surface area contributed by atoms with Gasteiger partial charge < -0.3 is 65.7 Å². The number of carbonyl (C=O) groups is 7. The minimum absolute atomic E-state index is 0.00200. The summed E-state index contributed by atoms with van der Waals surface area (Å²) in [7, 11) is 0. The first kappa shape index (κ1) is 59.3. The zero-order chi connectivity index (χ0) is 56.1. The van der Waals surface area contributed by atoms with Crippen molar-refractivity contribution in [2.75, 3.05) is 120 Å². The Kier molecular flexibility index (Phi) is 22.5. The number of unbranched alkanes of at least 4 members (excludes halogenated alkanes) is 1. The molecule has 6 rings (SSSR count). The molecule has 1 aromatic carbocycles. The lowest BCUT2D eigenvalue weighted by molar-refractivity contribution is -0.142. The molecule has 30 nitrogen and oxygen atoms in total. The number of carboxylic acids is 7. The highest BCUT2D eigenvalue weighted by molar-refractivity contribution is 5.76. The average molecular weight is 1090 g/mol. The maximum absolute atomic E-state index is 12.8. The van der Waals surface area contributed by atoms with Crippen molar-refractivity contribution in [1.82, 2.24) is 63.9 Å². The van der Waals surface area contributed by atoms with Crippen LogP contribution < -0.4 is 20.9 Å². The van der Waals surface area contributed by atoms with Gasteiger partial charge in [-0.2, -0.15) is 15.0 Å². The Morgan fingerprint density at radius 3 is 1.65 bits per heavy atom. The number of nitrogens with zero attached hydrogens (tertiary/aromatic N) is 13. The second-order valence-corrected chi connectivity index (χ2v) is 19.0. The van der Waals surface area contributed by atoms with Crippen LogP contribution in [0.4, 0.5) is 23.5 Å². The number of hydrogen-bond donors (Lipinski definition) is 10. The molecule has 0 aliphatic carbocycles. The molecule has 2 atom stereocenters. The van der Waals surface area contributed by atoms with Gasteiger partial charge in [0.05, 0.1) is 39.3 Å². The van der Waals surface area contributed by atoms with Gasteiger partial charge in [-0.25, -0.2) is 14.8 Å². The quantitative estimate of drug-likeness (QED) is 0.0285. The van der Waals surface area contributed by atoms with E-state index < -0.39 is 67.0 Å². The van der Waals surface area contributed by atoms with Crippen molar-refractivity contribution in [2.24, 2.45) is 0 Å². The van der Waals surface area contributed by atoms with E-state index in [1.807, 2.05) is 9.80 Å². The Hall–Kier alpha value is -7.90. The van der Waals surface area contributed by atoms with Crippen LogP contribution in [0, 0.1) is 0 Å². The molecule has 5 heterocycles. The molecular formula is C48H68N16O14. The fourth-order valence-electron chi connectivity index (χ4n) is 9.25. The first-order valence-corrected chi connectivity index (χ1v) is 25.4. The highest BCUT2D eigenvalue weighted by atomic mass is 16.4. The molecule has 2 aliphatic heterocycles. The summed E-state index contributed by atoms with van der Waals surface area (Å²) in [5.41, 5.74) is 1.29. The Morgan fingerprint density at radius 1 is 0.603 bits per heavy atom. The topological polar surface area (TPSA) is 391 Å². The molecule has 424 valence electrons. The van der Waals surface area contributed by atoms with Crippen LogP contribution in [0.2, 0.25) is 0 Å². The molecule has 30 heteroatoms. The van der Waals surface area contributed by atoms with E-state index in [9.17, 15) is 69.3 Å². The zero-order valence-corrected chi connectivity index (χ0v) is 43.0. The molecule has 78 heavy (non-hydrogen) atoms. The van der Waals surface area contributed by atoms with E-state index in [0.717, 1.165) is 5.56 Å². The van der Waals surface area contributed by atoms with Crippen molar-refractivity contribution in [3.8, 4) is 0 Å². The number of nitrogens with one attached hydrogen (secondary N) is 3. The van der Waals surface area contributed by atoms with Crippen molar-refractivity contribution >= 4 is 65.3 Å². The summed E-state index contributed by atoms with van der Waals surface area (Å²) in [6, 6.07) is 5.39. The smallest absolute Gasteiger partial charge is 0.326 e. The molecule has 1 unspecified atom stereocenters. The Bertz CT molecular complexity index is 2590. The molecule has 10 N–H and O–H groups in total. The summed E-state index contributed by atoms with van der Waals surface area (Å²) in [5, 5.41) is 77.9. The van der Waals surface area contributed by atoms with Gasteiger partial charge in [-0.05, 0) is 49.9 Å². The summed E-state index contributed by atoms with van der Waals surface area (Å²) < 4.78 is 3.00. The molecule has 0 spiro atoms. The third-order valence-electron chi connectivity index (χ3n) is 13.0. The SMILES string of the molecule is O=C(O)CN1CCN(CC(=O)O)CCN(CC(=O)O)C(Cc2ccc(Nc3nc(N[C@@H](CCCCN(Cc4nccn4CC(=O)O)Cc4nccn4CC(=O)O)C(=O)O)nc(N4CCNCC4)n3)cc2)CN(CC(=O)O)CC1. The van der Waals surface area contributed by atoms with Crippen LogP contribution in [0.15, 0.2) is 49.1 Å². The molecule has 0 radical (unpaired) electrons. The molecule has 2 saturated heterocycles. The average Bonchev–Trinajstić information content (AvgIpc) is 4.01. The van der Waals surface area contributed by atoms with Gasteiger partial charge in [-0.15, -0.1) is 0 Å². The fraction of sp³-hybridized carbons (Fsp3) is 0.542. The van der Waals surface area contributed by atoms with Gasteiger partial charge in [-0.1, -0.05) is 12.1 Å². The number of aliphatic carboxylic acids is 7. The van der Waals surface area contributed by atoms with Crippen LogP contribution in [-0.2, 0) is 66.2 Å². The molecule has 0 bridgehead atoms. The maximum atomic E-state index is 12.8. The largest absolute Gasteiger partial charge is 0.480 e. The molecule has 3 aromatic heterocycles. The van der Waals surface area contributed by atoms with Crippen LogP contribution >= 0.6 is 0 Å². The number of benzene rings is 1. The van der Waals surface area contributed by atoms with Crippen LogP contribution in [0.25, 0.3) is 0 Å². The first-order chi connectivity index (χ1) is 37.3. The van der Waals surface area contributed by atoms with Crippen LogP contribution in [0.3, 0.4) is 0 Å². The van der Waals surface area contributed by atoms with Crippen molar-refractivity contribution in [1.29, 1.82) is 0 Å². The number of anilines is 4. The zero-order valence-electron chi connectivity index (χ0n) is 43.0. The van der Waals surface area contributed by atoms with Gasteiger partial charge in [-0.3, -0.25) is 53.3 Å². The van der Waals surface area contributed by atoms with E-state index in [1.54, 1.807) is 56.3 Å². The van der Waals surface area contributed by atoms with Gasteiger partial charge in [0, 0.05) is 109 Å². The lowest BCUT2D eigenvalue weighted by Gasteiger charge is -2.37. The molecule has 0 saturated carbocycles. The van der Waals surface area contributed by atoms with Gasteiger partial charge in [0.2, 0.25) is 17.8 Å². The minimum Gasteiger partial charge on any atom is -0.480 e. The van der Waals surface area contributed by atoms with E-state index in [4.69, 9.17) is 0 Å². The third-order valence-corrected chi connectivity index (χ3v) is 13.0. The van der Waals surface area contributed by atoms with E-state index in [0.29, 0.717) is 68.8 Å². The van der Waals surface area contributed by atoms with Crippen molar-refractivity contribution in [3.63, 3.8) is 0 Å². The van der Waals surface area contributed by atoms with Gasteiger partial charge >= 0.3 is 41.8 Å². The van der Waals surface area contributed by atoms with E-state index in [2.05, 4.69) is 40.9 Å². The number of hydrogen-bond acceptors (Lipinski definition) is 21. The summed E-state index contributed by atoms with van der Waals surface area (Å²) in [6.45, 7) is 2.13. The Morgan fingerprint density at radius 2 is 1.12 bits per heavy atom. The van der Waals surface area contributed by atoms with E-state index >= 15 is 0 Å². The molecule has 2 aliphatic rings. The number of piperazine rings is 1. The summed E-state index contributed by atoms with van der Waals surface area (Å²) in [5.74, 6) is -6.36. The lowest BCUT2D eigenvalue weighted by Crippen LogP contribution is -2.53. The highest BCUT2D eigenvalue weighted by Gasteiger charge is 2.29. The Labute approximate surface area is 447 Å². The van der Waals surface area contributed by atoms with Gasteiger partial charge in [0.15, 0.2) is 0 Å². The third kappa shape index (κ3) is 19.9. The summed E-state index contributed by atoms with van der Waals surface area (Å²) in [6.07, 6.45) is 7.37. The van der Waals surface area contributed by atoms with E-state index in [1.165, 1.54) is 21.5 Å². The fourth-order valence-corrected chi connectivity index (χ4v) is 9.25. The van der Waals surface area contributed by atoms with Crippen LogP contribution in [0.5, 0.6) is 0 Å². The normalized spacial score (nSPS) is 16.9. The highest BCUT2D eigenvalue weighted by Crippen LogP contribution is 2.22. The molecule has 4 aromatic rings. The van der Waals surface area contributed by atoms with Crippen molar-refractivity contribution in [3.05, 3.63) is 66.3 Å². The second kappa shape index (κ2) is 29.6. The minimum atomic E-state index is -1.15. The lowest BCUT2D eigenvalue weighted by atomic mass is 10.0. The number of aromatic nitrogens is 7. The molecule has 0 amide bonds.